The monoisotopic (exact) mass is 378 g/mol. The quantitative estimate of drug-likeness (QED) is 0.689. The summed E-state index contributed by atoms with van der Waals surface area (Å²) in [6.07, 6.45) is 0. The molecule has 0 unspecified atom stereocenters. The maximum atomic E-state index is 6.14. The molecule has 1 aromatic heterocycles. The first-order valence-corrected chi connectivity index (χ1v) is 7.40. The summed E-state index contributed by atoms with van der Waals surface area (Å²) in [5.74, 6) is 0. The van der Waals surface area contributed by atoms with Gasteiger partial charge < -0.3 is 5.32 Å². The van der Waals surface area contributed by atoms with E-state index in [4.69, 9.17) is 34.8 Å². The molecule has 0 aliphatic carbocycles. The molecule has 0 amide bonds. The summed E-state index contributed by atoms with van der Waals surface area (Å²) in [7, 11) is 0. The van der Waals surface area contributed by atoms with Gasteiger partial charge in [0.25, 0.3) is 0 Å². The summed E-state index contributed by atoms with van der Waals surface area (Å²) in [5, 5.41) is 4.68. The molecule has 0 saturated carbocycles. The molecule has 6 heteroatoms. The van der Waals surface area contributed by atoms with Crippen LogP contribution in [-0.4, -0.2) is 4.98 Å². The molecule has 0 radical (unpaired) electrons. The highest BCUT2D eigenvalue weighted by Gasteiger charge is 2.08. The average molecular weight is 380 g/mol. The third kappa shape index (κ3) is 3.76. The standard InChI is InChI=1S/C13H10BrCl3N2/c1-7-4-11(16)19-13(17)12(7)18-6-8-5-9(14)2-3-10(8)15/h2-5,18H,6H2,1H3. The molecule has 1 aromatic carbocycles. The lowest BCUT2D eigenvalue weighted by molar-refractivity contribution is 1.12. The fraction of sp³-hybridized carbons (Fsp3) is 0.154. The van der Waals surface area contributed by atoms with E-state index in [9.17, 15) is 0 Å². The van der Waals surface area contributed by atoms with Crippen LogP contribution >= 0.6 is 50.7 Å². The fourth-order valence-corrected chi connectivity index (χ4v) is 2.86. The van der Waals surface area contributed by atoms with Gasteiger partial charge in [-0.1, -0.05) is 50.7 Å². The van der Waals surface area contributed by atoms with Crippen LogP contribution in [-0.2, 0) is 6.54 Å². The zero-order chi connectivity index (χ0) is 14.0. The van der Waals surface area contributed by atoms with Crippen LogP contribution in [0.5, 0.6) is 0 Å². The first-order chi connectivity index (χ1) is 8.97. The molecule has 0 aliphatic heterocycles. The Morgan fingerprint density at radius 3 is 2.63 bits per heavy atom. The summed E-state index contributed by atoms with van der Waals surface area (Å²) in [6.45, 7) is 2.48. The molecule has 2 rings (SSSR count). The summed E-state index contributed by atoms with van der Waals surface area (Å²) in [5.41, 5.74) is 2.68. The Bertz CT molecular complexity index is 594. The van der Waals surface area contributed by atoms with E-state index < -0.39 is 0 Å². The Hall–Kier alpha value is -0.480. The van der Waals surface area contributed by atoms with Crippen LogP contribution in [0.1, 0.15) is 11.1 Å². The van der Waals surface area contributed by atoms with Crippen LogP contribution in [0.25, 0.3) is 0 Å². The van der Waals surface area contributed by atoms with Crippen molar-refractivity contribution in [1.82, 2.24) is 4.98 Å². The highest BCUT2D eigenvalue weighted by Crippen LogP contribution is 2.28. The van der Waals surface area contributed by atoms with Gasteiger partial charge in [0.2, 0.25) is 0 Å². The minimum atomic E-state index is 0.358. The first-order valence-electron chi connectivity index (χ1n) is 5.48. The van der Waals surface area contributed by atoms with E-state index in [2.05, 4.69) is 26.2 Å². The van der Waals surface area contributed by atoms with Gasteiger partial charge in [-0.3, -0.25) is 0 Å². The number of benzene rings is 1. The Balaban J connectivity index is 2.21. The molecule has 2 nitrogen and oxygen atoms in total. The van der Waals surface area contributed by atoms with Crippen molar-refractivity contribution in [3.8, 4) is 0 Å². The first kappa shape index (κ1) is 14.9. The fourth-order valence-electron chi connectivity index (χ4n) is 1.67. The van der Waals surface area contributed by atoms with Crippen molar-refractivity contribution in [3.63, 3.8) is 0 Å². The van der Waals surface area contributed by atoms with E-state index in [0.717, 1.165) is 21.3 Å². The normalized spacial score (nSPS) is 10.6. The number of hydrogen-bond donors (Lipinski definition) is 1. The van der Waals surface area contributed by atoms with Gasteiger partial charge in [0, 0.05) is 16.0 Å². The van der Waals surface area contributed by atoms with Gasteiger partial charge in [-0.15, -0.1) is 0 Å². The molecule has 0 spiro atoms. The lowest BCUT2D eigenvalue weighted by atomic mass is 10.2. The number of hydrogen-bond acceptors (Lipinski definition) is 2. The van der Waals surface area contributed by atoms with Gasteiger partial charge in [0.1, 0.15) is 5.15 Å². The zero-order valence-corrected chi connectivity index (χ0v) is 13.8. The lowest BCUT2D eigenvalue weighted by Crippen LogP contribution is -2.03. The van der Waals surface area contributed by atoms with Crippen molar-refractivity contribution < 1.29 is 0 Å². The maximum Gasteiger partial charge on any atom is 0.154 e. The summed E-state index contributed by atoms with van der Waals surface area (Å²) < 4.78 is 0.978. The van der Waals surface area contributed by atoms with Gasteiger partial charge in [0.15, 0.2) is 5.15 Å². The average Bonchev–Trinajstić information content (AvgIpc) is 2.32. The van der Waals surface area contributed by atoms with Gasteiger partial charge in [0.05, 0.1) is 5.69 Å². The summed E-state index contributed by atoms with van der Waals surface area (Å²) in [6, 6.07) is 7.46. The molecule has 0 fully saturated rings. The molecule has 1 N–H and O–H groups in total. The van der Waals surface area contributed by atoms with Gasteiger partial charge >= 0.3 is 0 Å². The van der Waals surface area contributed by atoms with Crippen LogP contribution in [0.3, 0.4) is 0 Å². The number of anilines is 1. The van der Waals surface area contributed by atoms with Crippen molar-refractivity contribution in [2.45, 2.75) is 13.5 Å². The number of pyridine rings is 1. The van der Waals surface area contributed by atoms with E-state index in [1.165, 1.54) is 0 Å². The van der Waals surface area contributed by atoms with Crippen molar-refractivity contribution in [3.05, 3.63) is 55.2 Å². The predicted octanol–water partition coefficient (Wildman–Crippen LogP) is 5.72. The van der Waals surface area contributed by atoms with Crippen LogP contribution in [0.2, 0.25) is 15.3 Å². The van der Waals surface area contributed by atoms with Crippen molar-refractivity contribution in [2.75, 3.05) is 5.32 Å². The smallest absolute Gasteiger partial charge is 0.154 e. The van der Waals surface area contributed by atoms with E-state index in [1.807, 2.05) is 25.1 Å². The molecule has 0 aliphatic rings. The third-order valence-corrected chi connectivity index (χ3v) is 3.93. The topological polar surface area (TPSA) is 24.9 Å². The van der Waals surface area contributed by atoms with Gasteiger partial charge in [-0.2, -0.15) is 0 Å². The van der Waals surface area contributed by atoms with E-state index >= 15 is 0 Å². The number of nitrogens with one attached hydrogen (secondary N) is 1. The molecule has 100 valence electrons. The largest absolute Gasteiger partial charge is 0.378 e. The second-order valence-electron chi connectivity index (χ2n) is 4.02. The second-order valence-corrected chi connectivity index (χ2v) is 6.09. The molecule has 19 heavy (non-hydrogen) atoms. The van der Waals surface area contributed by atoms with E-state index in [0.29, 0.717) is 21.9 Å². The Kier molecular flexibility index (Phi) is 4.96. The van der Waals surface area contributed by atoms with Gasteiger partial charge in [-0.25, -0.2) is 4.98 Å². The third-order valence-electron chi connectivity index (χ3n) is 2.60. The Morgan fingerprint density at radius 2 is 1.95 bits per heavy atom. The van der Waals surface area contributed by atoms with Crippen molar-refractivity contribution >= 4 is 56.4 Å². The van der Waals surface area contributed by atoms with E-state index in [1.54, 1.807) is 6.07 Å². The minimum absolute atomic E-state index is 0.358. The number of aromatic nitrogens is 1. The highest BCUT2D eigenvalue weighted by atomic mass is 79.9. The summed E-state index contributed by atoms with van der Waals surface area (Å²) >= 11 is 21.5. The van der Waals surface area contributed by atoms with Crippen LogP contribution in [0, 0.1) is 6.92 Å². The van der Waals surface area contributed by atoms with Crippen LogP contribution in [0.4, 0.5) is 5.69 Å². The molecule has 0 saturated heterocycles. The number of rotatable bonds is 3. The molecule has 2 aromatic rings. The molecule has 1 heterocycles. The van der Waals surface area contributed by atoms with Crippen molar-refractivity contribution in [2.24, 2.45) is 0 Å². The van der Waals surface area contributed by atoms with Gasteiger partial charge in [-0.05, 0) is 42.3 Å². The number of nitrogens with zero attached hydrogens (tertiary/aromatic N) is 1. The minimum Gasteiger partial charge on any atom is -0.378 e. The molecule has 0 bridgehead atoms. The molecular formula is C13H10BrCl3N2. The lowest BCUT2D eigenvalue weighted by Gasteiger charge is -2.12. The van der Waals surface area contributed by atoms with E-state index in [-0.39, 0.29) is 0 Å². The second kappa shape index (κ2) is 6.31. The van der Waals surface area contributed by atoms with Crippen LogP contribution < -0.4 is 5.32 Å². The maximum absolute atomic E-state index is 6.14. The molecular weight excluding hydrogens is 370 g/mol. The SMILES string of the molecule is Cc1cc(Cl)nc(Cl)c1NCc1cc(Br)ccc1Cl. The van der Waals surface area contributed by atoms with Crippen LogP contribution in [0.15, 0.2) is 28.7 Å². The Morgan fingerprint density at radius 1 is 1.21 bits per heavy atom. The van der Waals surface area contributed by atoms with Crippen molar-refractivity contribution in [1.29, 1.82) is 0 Å². The predicted molar refractivity (Wildman–Crippen MR) is 85.5 cm³/mol. The number of aryl methyl sites for hydroxylation is 1. The highest BCUT2D eigenvalue weighted by molar-refractivity contribution is 9.10. The number of halogens is 4. The zero-order valence-electron chi connectivity index (χ0n) is 9.98. The Labute approximate surface area is 135 Å². The summed E-state index contributed by atoms with van der Waals surface area (Å²) in [4.78, 5) is 4.01. The molecule has 0 atom stereocenters.